The van der Waals surface area contributed by atoms with E-state index in [1.807, 2.05) is 13.0 Å². The number of hydrogen-bond acceptors (Lipinski definition) is 2. The van der Waals surface area contributed by atoms with Gasteiger partial charge in [-0.25, -0.2) is 0 Å². The third-order valence-corrected chi connectivity index (χ3v) is 2.68. The van der Waals surface area contributed by atoms with Gasteiger partial charge in [0.1, 0.15) is 11.5 Å². The van der Waals surface area contributed by atoms with Gasteiger partial charge in [-0.05, 0) is 50.9 Å². The van der Waals surface area contributed by atoms with Crippen LogP contribution in [0.25, 0.3) is 0 Å². The minimum Gasteiger partial charge on any atom is -0.466 e. The average molecular weight is 179 g/mol. The predicted octanol–water partition coefficient (Wildman–Crippen LogP) is 2.13. The third kappa shape index (κ3) is 2.34. The lowest BCUT2D eigenvalue weighted by Gasteiger charge is -2.21. The van der Waals surface area contributed by atoms with E-state index >= 15 is 0 Å². The zero-order valence-electron chi connectivity index (χ0n) is 8.18. The van der Waals surface area contributed by atoms with Gasteiger partial charge in [-0.2, -0.15) is 0 Å². The van der Waals surface area contributed by atoms with Crippen molar-refractivity contribution in [3.8, 4) is 0 Å². The molecule has 1 saturated heterocycles. The fourth-order valence-corrected chi connectivity index (χ4v) is 1.98. The van der Waals surface area contributed by atoms with Crippen LogP contribution >= 0.6 is 0 Å². The second kappa shape index (κ2) is 3.97. The summed E-state index contributed by atoms with van der Waals surface area (Å²) in [5.74, 6) is 2.95. The van der Waals surface area contributed by atoms with Crippen molar-refractivity contribution in [1.29, 1.82) is 0 Å². The molecule has 0 aliphatic carbocycles. The number of hydrogen-bond donors (Lipinski definition) is 1. The zero-order chi connectivity index (χ0) is 9.10. The molecular formula is C11H17NO. The quantitative estimate of drug-likeness (QED) is 0.752. The van der Waals surface area contributed by atoms with E-state index in [9.17, 15) is 0 Å². The molecule has 0 spiro atoms. The molecule has 13 heavy (non-hydrogen) atoms. The Morgan fingerprint density at radius 3 is 3.08 bits per heavy atom. The van der Waals surface area contributed by atoms with E-state index < -0.39 is 0 Å². The first-order valence-electron chi connectivity index (χ1n) is 5.10. The first-order valence-corrected chi connectivity index (χ1v) is 5.10. The highest BCUT2D eigenvalue weighted by Gasteiger charge is 2.14. The summed E-state index contributed by atoms with van der Waals surface area (Å²) in [5.41, 5.74) is 0. The first kappa shape index (κ1) is 8.82. The Morgan fingerprint density at radius 1 is 1.54 bits per heavy atom. The number of piperidine rings is 1. The lowest BCUT2D eigenvalue weighted by Crippen LogP contribution is -2.30. The van der Waals surface area contributed by atoms with Crippen molar-refractivity contribution < 1.29 is 4.42 Å². The van der Waals surface area contributed by atoms with Crippen molar-refractivity contribution in [2.45, 2.75) is 26.2 Å². The molecule has 2 nitrogen and oxygen atoms in total. The van der Waals surface area contributed by atoms with Crippen LogP contribution in [0.1, 0.15) is 24.4 Å². The van der Waals surface area contributed by atoms with Gasteiger partial charge in [-0.1, -0.05) is 0 Å². The minimum absolute atomic E-state index is 0.777. The molecule has 0 aromatic carbocycles. The molecule has 2 rings (SSSR count). The van der Waals surface area contributed by atoms with Gasteiger partial charge in [-0.15, -0.1) is 0 Å². The molecule has 2 heteroatoms. The van der Waals surface area contributed by atoms with Crippen LogP contribution in [0.5, 0.6) is 0 Å². The lowest BCUT2D eigenvalue weighted by atomic mass is 9.95. The zero-order valence-corrected chi connectivity index (χ0v) is 8.18. The summed E-state index contributed by atoms with van der Waals surface area (Å²) < 4.78 is 5.56. The SMILES string of the molecule is Cc1ccc(C[C@@H]2CCCNC2)o1. The molecule has 0 bridgehead atoms. The van der Waals surface area contributed by atoms with E-state index in [4.69, 9.17) is 4.42 Å². The summed E-state index contributed by atoms with van der Waals surface area (Å²) in [6.07, 6.45) is 3.75. The van der Waals surface area contributed by atoms with Crippen LogP contribution < -0.4 is 5.32 Å². The van der Waals surface area contributed by atoms with Crippen LogP contribution in [0.4, 0.5) is 0 Å². The Labute approximate surface area is 79.3 Å². The summed E-state index contributed by atoms with van der Waals surface area (Å²) >= 11 is 0. The van der Waals surface area contributed by atoms with E-state index in [2.05, 4.69) is 11.4 Å². The Morgan fingerprint density at radius 2 is 2.46 bits per heavy atom. The molecular weight excluding hydrogens is 162 g/mol. The van der Waals surface area contributed by atoms with Crippen molar-refractivity contribution in [3.63, 3.8) is 0 Å². The molecule has 0 unspecified atom stereocenters. The van der Waals surface area contributed by atoms with Gasteiger partial charge in [-0.3, -0.25) is 0 Å². The maximum absolute atomic E-state index is 5.56. The normalized spacial score (nSPS) is 23.3. The summed E-state index contributed by atoms with van der Waals surface area (Å²) in [6, 6.07) is 4.15. The second-order valence-corrected chi connectivity index (χ2v) is 3.93. The standard InChI is InChI=1S/C11H17NO/c1-9-4-5-11(13-9)7-10-3-2-6-12-8-10/h4-5,10,12H,2-3,6-8H2,1H3/t10-/m0/s1. The number of nitrogens with one attached hydrogen (secondary N) is 1. The summed E-state index contributed by atoms with van der Waals surface area (Å²) in [7, 11) is 0. The van der Waals surface area contributed by atoms with Gasteiger partial charge in [0.2, 0.25) is 0 Å². The summed E-state index contributed by atoms with van der Waals surface area (Å²) in [5, 5.41) is 3.42. The van der Waals surface area contributed by atoms with Gasteiger partial charge in [0.15, 0.2) is 0 Å². The smallest absolute Gasteiger partial charge is 0.104 e. The number of rotatable bonds is 2. The molecule has 1 N–H and O–H groups in total. The molecule has 1 aliphatic rings. The Hall–Kier alpha value is -0.760. The van der Waals surface area contributed by atoms with Crippen LogP contribution in [0.15, 0.2) is 16.5 Å². The summed E-state index contributed by atoms with van der Waals surface area (Å²) in [4.78, 5) is 0. The maximum Gasteiger partial charge on any atom is 0.104 e. The average Bonchev–Trinajstić information content (AvgIpc) is 2.53. The number of aryl methyl sites for hydroxylation is 1. The Kier molecular flexibility index (Phi) is 2.69. The van der Waals surface area contributed by atoms with Crippen molar-refractivity contribution >= 4 is 0 Å². The Balaban J connectivity index is 1.89. The van der Waals surface area contributed by atoms with E-state index in [0.717, 1.165) is 30.4 Å². The number of furan rings is 1. The van der Waals surface area contributed by atoms with Crippen molar-refractivity contribution in [2.24, 2.45) is 5.92 Å². The lowest BCUT2D eigenvalue weighted by molar-refractivity contribution is 0.347. The van der Waals surface area contributed by atoms with Crippen LogP contribution in [0.2, 0.25) is 0 Å². The molecule has 1 aliphatic heterocycles. The molecule has 1 fully saturated rings. The maximum atomic E-state index is 5.56. The van der Waals surface area contributed by atoms with Crippen molar-refractivity contribution in [2.75, 3.05) is 13.1 Å². The van der Waals surface area contributed by atoms with Crippen LogP contribution in [0, 0.1) is 12.8 Å². The van der Waals surface area contributed by atoms with Crippen molar-refractivity contribution in [3.05, 3.63) is 23.7 Å². The summed E-state index contributed by atoms with van der Waals surface area (Å²) in [6.45, 7) is 4.34. The largest absolute Gasteiger partial charge is 0.466 e. The fraction of sp³-hybridized carbons (Fsp3) is 0.636. The van der Waals surface area contributed by atoms with E-state index in [1.54, 1.807) is 0 Å². The molecule has 0 amide bonds. The predicted molar refractivity (Wildman–Crippen MR) is 52.7 cm³/mol. The minimum atomic E-state index is 0.777. The van der Waals surface area contributed by atoms with Crippen molar-refractivity contribution in [1.82, 2.24) is 5.32 Å². The monoisotopic (exact) mass is 179 g/mol. The van der Waals surface area contributed by atoms with Gasteiger partial charge >= 0.3 is 0 Å². The highest BCUT2D eigenvalue weighted by molar-refractivity contribution is 5.06. The van der Waals surface area contributed by atoms with Gasteiger partial charge in [0.05, 0.1) is 0 Å². The third-order valence-electron chi connectivity index (χ3n) is 2.68. The van der Waals surface area contributed by atoms with Gasteiger partial charge in [0.25, 0.3) is 0 Å². The molecule has 1 aromatic rings. The molecule has 1 aromatic heterocycles. The molecule has 2 heterocycles. The highest BCUT2D eigenvalue weighted by atomic mass is 16.3. The second-order valence-electron chi connectivity index (χ2n) is 3.93. The van der Waals surface area contributed by atoms with E-state index in [-0.39, 0.29) is 0 Å². The van der Waals surface area contributed by atoms with Crippen LogP contribution in [-0.2, 0) is 6.42 Å². The molecule has 1 atom stereocenters. The van der Waals surface area contributed by atoms with Gasteiger partial charge in [0, 0.05) is 6.42 Å². The van der Waals surface area contributed by atoms with Gasteiger partial charge < -0.3 is 9.73 Å². The molecule has 0 radical (unpaired) electrons. The van der Waals surface area contributed by atoms with Crippen LogP contribution in [0.3, 0.4) is 0 Å². The molecule has 0 saturated carbocycles. The molecule has 72 valence electrons. The van der Waals surface area contributed by atoms with Crippen LogP contribution in [-0.4, -0.2) is 13.1 Å². The van der Waals surface area contributed by atoms with E-state index in [0.29, 0.717) is 0 Å². The highest BCUT2D eigenvalue weighted by Crippen LogP contribution is 2.17. The fourth-order valence-electron chi connectivity index (χ4n) is 1.98. The Bertz CT molecular complexity index is 261. The first-order chi connectivity index (χ1) is 6.34. The van der Waals surface area contributed by atoms with E-state index in [1.165, 1.54) is 19.4 Å². The topological polar surface area (TPSA) is 25.2 Å².